The van der Waals surface area contributed by atoms with Gasteiger partial charge in [-0.15, -0.1) is 11.3 Å². The molecule has 0 atom stereocenters. The van der Waals surface area contributed by atoms with Gasteiger partial charge in [-0.2, -0.15) is 5.26 Å². The van der Waals surface area contributed by atoms with Crippen LogP contribution in [0.15, 0.2) is 57.8 Å². The Morgan fingerprint density at radius 2 is 2.00 bits per heavy atom. The van der Waals surface area contributed by atoms with Crippen LogP contribution in [0.3, 0.4) is 0 Å². The van der Waals surface area contributed by atoms with Crippen molar-refractivity contribution in [2.75, 3.05) is 5.75 Å². The Bertz CT molecular complexity index is 990. The first kappa shape index (κ1) is 18.1. The summed E-state index contributed by atoms with van der Waals surface area (Å²) in [7, 11) is 0. The number of nitriles is 1. The SMILES string of the molecule is N#Cc1c(CCc2ccccc2)nc(SCC(=O)c2cccs2)[nH]c1=O. The van der Waals surface area contributed by atoms with E-state index in [0.717, 1.165) is 5.56 Å². The van der Waals surface area contributed by atoms with E-state index in [1.54, 1.807) is 6.07 Å². The smallest absolute Gasteiger partial charge is 0.269 e. The van der Waals surface area contributed by atoms with E-state index in [4.69, 9.17) is 0 Å². The number of aryl methyl sites for hydroxylation is 2. The van der Waals surface area contributed by atoms with E-state index in [1.807, 2.05) is 47.8 Å². The summed E-state index contributed by atoms with van der Waals surface area (Å²) >= 11 is 2.56. The summed E-state index contributed by atoms with van der Waals surface area (Å²) in [5.41, 5.74) is 1.15. The monoisotopic (exact) mass is 381 g/mol. The molecule has 0 saturated carbocycles. The van der Waals surface area contributed by atoms with Gasteiger partial charge in [0.25, 0.3) is 5.56 Å². The molecule has 2 heterocycles. The van der Waals surface area contributed by atoms with Gasteiger partial charge in [-0.25, -0.2) is 4.98 Å². The molecule has 0 aliphatic heterocycles. The van der Waals surface area contributed by atoms with E-state index in [1.165, 1.54) is 23.1 Å². The molecule has 1 aromatic carbocycles. The number of hydrogen-bond donors (Lipinski definition) is 1. The van der Waals surface area contributed by atoms with Crippen LogP contribution in [-0.4, -0.2) is 21.5 Å². The fraction of sp³-hybridized carbons (Fsp3) is 0.158. The minimum Gasteiger partial charge on any atom is -0.300 e. The summed E-state index contributed by atoms with van der Waals surface area (Å²) in [5, 5.41) is 11.5. The number of ketones is 1. The van der Waals surface area contributed by atoms with Gasteiger partial charge in [0.15, 0.2) is 10.9 Å². The zero-order valence-electron chi connectivity index (χ0n) is 13.8. The van der Waals surface area contributed by atoms with Gasteiger partial charge in [0.2, 0.25) is 0 Å². The minimum atomic E-state index is -0.461. The lowest BCUT2D eigenvalue weighted by molar-refractivity contribution is 0.102. The first-order valence-corrected chi connectivity index (χ1v) is 9.80. The number of carbonyl (C=O) groups is 1. The van der Waals surface area contributed by atoms with Gasteiger partial charge in [-0.05, 0) is 29.9 Å². The number of nitrogens with zero attached hydrogens (tertiary/aromatic N) is 2. The van der Waals surface area contributed by atoms with Crippen LogP contribution < -0.4 is 5.56 Å². The molecule has 7 heteroatoms. The lowest BCUT2D eigenvalue weighted by Gasteiger charge is -2.06. The highest BCUT2D eigenvalue weighted by atomic mass is 32.2. The molecule has 0 saturated heterocycles. The van der Waals surface area contributed by atoms with Crippen molar-refractivity contribution < 1.29 is 4.79 Å². The maximum absolute atomic E-state index is 12.2. The average Bonchev–Trinajstić information content (AvgIpc) is 3.20. The lowest BCUT2D eigenvalue weighted by Crippen LogP contribution is -2.17. The topological polar surface area (TPSA) is 86.6 Å². The second-order valence-corrected chi connectivity index (χ2v) is 7.39. The fourth-order valence-corrected chi connectivity index (χ4v) is 3.93. The van der Waals surface area contributed by atoms with Crippen molar-refractivity contribution in [3.8, 4) is 6.07 Å². The van der Waals surface area contributed by atoms with Gasteiger partial charge in [-0.3, -0.25) is 9.59 Å². The normalized spacial score (nSPS) is 10.4. The summed E-state index contributed by atoms with van der Waals surface area (Å²) in [4.78, 5) is 31.9. The second-order valence-electron chi connectivity index (χ2n) is 5.48. The molecule has 0 unspecified atom stereocenters. The van der Waals surface area contributed by atoms with Gasteiger partial charge in [-0.1, -0.05) is 48.2 Å². The lowest BCUT2D eigenvalue weighted by atomic mass is 10.1. The van der Waals surface area contributed by atoms with Gasteiger partial charge in [0, 0.05) is 0 Å². The Morgan fingerprint density at radius 1 is 1.19 bits per heavy atom. The van der Waals surface area contributed by atoms with Gasteiger partial charge in [0.05, 0.1) is 16.3 Å². The molecule has 2 aromatic heterocycles. The summed E-state index contributed by atoms with van der Waals surface area (Å²) in [6, 6.07) is 15.4. The summed E-state index contributed by atoms with van der Waals surface area (Å²) in [6.45, 7) is 0. The van der Waals surface area contributed by atoms with E-state index in [2.05, 4.69) is 9.97 Å². The van der Waals surface area contributed by atoms with E-state index >= 15 is 0 Å². The predicted molar refractivity (Wildman–Crippen MR) is 103 cm³/mol. The largest absolute Gasteiger partial charge is 0.300 e. The summed E-state index contributed by atoms with van der Waals surface area (Å²) < 4.78 is 0. The molecule has 0 bridgehead atoms. The number of aromatic amines is 1. The van der Waals surface area contributed by atoms with Crippen molar-refractivity contribution in [3.05, 3.63) is 79.9 Å². The fourth-order valence-electron chi connectivity index (χ4n) is 2.41. The third kappa shape index (κ3) is 4.48. The molecule has 0 aliphatic rings. The van der Waals surface area contributed by atoms with Crippen molar-refractivity contribution in [1.82, 2.24) is 9.97 Å². The molecule has 130 valence electrons. The highest BCUT2D eigenvalue weighted by Gasteiger charge is 2.14. The standard InChI is InChI=1S/C19H15N3O2S2/c20-11-14-15(9-8-13-5-2-1-3-6-13)21-19(22-18(14)24)26-12-16(23)17-7-4-10-25-17/h1-7,10H,8-9,12H2,(H,21,22,24). The Labute approximate surface area is 158 Å². The van der Waals surface area contributed by atoms with Crippen LogP contribution in [0.4, 0.5) is 0 Å². The minimum absolute atomic E-state index is 0.0113. The molecule has 0 spiro atoms. The van der Waals surface area contributed by atoms with Crippen molar-refractivity contribution in [2.45, 2.75) is 18.0 Å². The molecule has 1 N–H and O–H groups in total. The summed E-state index contributed by atoms with van der Waals surface area (Å²) in [5.74, 6) is 0.177. The molecule has 0 aliphatic carbocycles. The Kier molecular flexibility index (Phi) is 6.00. The maximum Gasteiger partial charge on any atom is 0.269 e. The third-order valence-electron chi connectivity index (χ3n) is 3.71. The van der Waals surface area contributed by atoms with E-state index in [0.29, 0.717) is 28.6 Å². The number of Topliss-reactive ketones (excluding diaryl/α,β-unsaturated/α-hetero) is 1. The second kappa shape index (κ2) is 8.61. The number of nitrogens with one attached hydrogen (secondary N) is 1. The number of H-pyrrole nitrogens is 1. The van der Waals surface area contributed by atoms with Crippen LogP contribution in [0, 0.1) is 11.3 Å². The van der Waals surface area contributed by atoms with E-state index < -0.39 is 5.56 Å². The molecule has 3 aromatic rings. The van der Waals surface area contributed by atoms with Crippen molar-refractivity contribution >= 4 is 28.9 Å². The summed E-state index contributed by atoms with van der Waals surface area (Å²) in [6.07, 6.45) is 1.17. The maximum atomic E-state index is 12.2. The van der Waals surface area contributed by atoms with E-state index in [-0.39, 0.29) is 17.1 Å². The Hall–Kier alpha value is -2.69. The van der Waals surface area contributed by atoms with Gasteiger partial charge < -0.3 is 4.98 Å². The number of rotatable bonds is 7. The third-order valence-corrected chi connectivity index (χ3v) is 5.50. The molecule has 3 rings (SSSR count). The highest BCUT2D eigenvalue weighted by Crippen LogP contribution is 2.18. The number of hydrogen-bond acceptors (Lipinski definition) is 6. The molecule has 0 fully saturated rings. The molecular weight excluding hydrogens is 366 g/mol. The molecule has 5 nitrogen and oxygen atoms in total. The first-order valence-electron chi connectivity index (χ1n) is 7.94. The quantitative estimate of drug-likeness (QED) is 0.385. The first-order chi connectivity index (χ1) is 12.7. The van der Waals surface area contributed by atoms with Gasteiger partial charge >= 0.3 is 0 Å². The average molecular weight is 381 g/mol. The van der Waals surface area contributed by atoms with Crippen LogP contribution in [0.2, 0.25) is 0 Å². The molecule has 26 heavy (non-hydrogen) atoms. The Balaban J connectivity index is 1.75. The predicted octanol–water partition coefficient (Wildman–Crippen LogP) is 3.46. The van der Waals surface area contributed by atoms with Crippen LogP contribution >= 0.6 is 23.1 Å². The molecule has 0 amide bonds. The zero-order valence-corrected chi connectivity index (χ0v) is 15.4. The van der Waals surface area contributed by atoms with Gasteiger partial charge in [0.1, 0.15) is 11.6 Å². The zero-order chi connectivity index (χ0) is 18.4. The highest BCUT2D eigenvalue weighted by molar-refractivity contribution is 7.99. The number of thioether (sulfide) groups is 1. The molecular formula is C19H15N3O2S2. The number of thiophene rings is 1. The van der Waals surface area contributed by atoms with Crippen LogP contribution in [0.5, 0.6) is 0 Å². The van der Waals surface area contributed by atoms with E-state index in [9.17, 15) is 14.9 Å². The van der Waals surface area contributed by atoms with Crippen molar-refractivity contribution in [2.24, 2.45) is 0 Å². The Morgan fingerprint density at radius 3 is 2.69 bits per heavy atom. The number of carbonyl (C=O) groups excluding carboxylic acids is 1. The van der Waals surface area contributed by atoms with Crippen LogP contribution in [0.25, 0.3) is 0 Å². The van der Waals surface area contributed by atoms with Crippen molar-refractivity contribution in [1.29, 1.82) is 5.26 Å². The number of aromatic nitrogens is 2. The van der Waals surface area contributed by atoms with Crippen LogP contribution in [0.1, 0.15) is 26.5 Å². The van der Waals surface area contributed by atoms with Crippen LogP contribution in [-0.2, 0) is 12.8 Å². The van der Waals surface area contributed by atoms with Crippen molar-refractivity contribution in [3.63, 3.8) is 0 Å². The molecule has 0 radical (unpaired) electrons. The number of benzene rings is 1.